The molecule has 0 aliphatic heterocycles. The highest BCUT2D eigenvalue weighted by Crippen LogP contribution is 2.43. The van der Waals surface area contributed by atoms with E-state index in [1.807, 2.05) is 26.8 Å². The van der Waals surface area contributed by atoms with Gasteiger partial charge < -0.3 is 23.7 Å². The molecule has 2 aromatic carbocycles. The summed E-state index contributed by atoms with van der Waals surface area (Å²) in [5.41, 5.74) is 2.06. The van der Waals surface area contributed by atoms with Gasteiger partial charge in [0.15, 0.2) is 11.5 Å². The Morgan fingerprint density at radius 2 is 1.60 bits per heavy atom. The number of Topliss-reactive ketones (excluding diaryl/α,β-unsaturated/α-hetero) is 1. The van der Waals surface area contributed by atoms with E-state index < -0.39 is 18.0 Å². The molecule has 0 fully saturated rings. The highest BCUT2D eigenvalue weighted by Gasteiger charge is 2.29. The standard InChI is InChI=1S/C27H34O8/c1-15(2)11-22(34-18(5)29)20-9-10-21(24(26(20)32-7)27(30)33-8)35-25-19(14-17(4)28)12-16(3)13-23(25)31-6/h9-10,12-13,15,22H,11,14H2,1-8H3. The number of ether oxygens (including phenoxy) is 5. The third-order valence-electron chi connectivity index (χ3n) is 5.23. The van der Waals surface area contributed by atoms with Crippen LogP contribution in [-0.2, 0) is 25.5 Å². The van der Waals surface area contributed by atoms with Crippen LogP contribution in [0.25, 0.3) is 0 Å². The molecule has 2 rings (SSSR count). The van der Waals surface area contributed by atoms with Crippen LogP contribution in [0.5, 0.6) is 23.0 Å². The monoisotopic (exact) mass is 486 g/mol. The van der Waals surface area contributed by atoms with Gasteiger partial charge in [-0.1, -0.05) is 19.9 Å². The van der Waals surface area contributed by atoms with Gasteiger partial charge in [0, 0.05) is 24.5 Å². The number of rotatable bonds is 11. The average Bonchev–Trinajstić information content (AvgIpc) is 2.77. The molecule has 0 saturated heterocycles. The Morgan fingerprint density at radius 3 is 2.11 bits per heavy atom. The summed E-state index contributed by atoms with van der Waals surface area (Å²) in [4.78, 5) is 36.6. The lowest BCUT2D eigenvalue weighted by atomic mass is 9.96. The number of ketones is 1. The third kappa shape index (κ3) is 6.97. The van der Waals surface area contributed by atoms with Gasteiger partial charge >= 0.3 is 11.9 Å². The van der Waals surface area contributed by atoms with Gasteiger partial charge in [0.1, 0.15) is 28.9 Å². The van der Waals surface area contributed by atoms with E-state index in [2.05, 4.69) is 0 Å². The molecule has 0 aromatic heterocycles. The van der Waals surface area contributed by atoms with Gasteiger partial charge in [0.25, 0.3) is 0 Å². The summed E-state index contributed by atoms with van der Waals surface area (Å²) in [6.07, 6.45) is 0.00627. The quantitative estimate of drug-likeness (QED) is 0.391. The summed E-state index contributed by atoms with van der Waals surface area (Å²) in [7, 11) is 4.17. The molecule has 2 aromatic rings. The number of aryl methyl sites for hydroxylation is 1. The van der Waals surface area contributed by atoms with Gasteiger partial charge in [-0.15, -0.1) is 0 Å². The lowest BCUT2D eigenvalue weighted by Crippen LogP contribution is -2.15. The van der Waals surface area contributed by atoms with Gasteiger partial charge in [-0.2, -0.15) is 0 Å². The van der Waals surface area contributed by atoms with Gasteiger partial charge in [-0.05, 0) is 49.9 Å². The molecule has 0 heterocycles. The maximum absolute atomic E-state index is 12.9. The van der Waals surface area contributed by atoms with Crippen LogP contribution in [0, 0.1) is 12.8 Å². The van der Waals surface area contributed by atoms with Crippen molar-refractivity contribution in [2.45, 2.75) is 53.6 Å². The normalized spacial score (nSPS) is 11.6. The molecule has 0 aliphatic rings. The van der Waals surface area contributed by atoms with E-state index in [0.717, 1.165) is 5.56 Å². The molecule has 35 heavy (non-hydrogen) atoms. The first-order valence-corrected chi connectivity index (χ1v) is 11.3. The second kappa shape index (κ2) is 12.2. The van der Waals surface area contributed by atoms with Crippen molar-refractivity contribution >= 4 is 17.7 Å². The Morgan fingerprint density at radius 1 is 0.914 bits per heavy atom. The Hall–Kier alpha value is -3.55. The minimum absolute atomic E-state index is 0.0322. The minimum Gasteiger partial charge on any atom is -0.495 e. The van der Waals surface area contributed by atoms with Crippen molar-refractivity contribution in [3.05, 3.63) is 46.5 Å². The molecule has 0 bridgehead atoms. The maximum Gasteiger partial charge on any atom is 0.345 e. The number of benzene rings is 2. The summed E-state index contributed by atoms with van der Waals surface area (Å²) < 4.78 is 28.0. The largest absolute Gasteiger partial charge is 0.495 e. The van der Waals surface area contributed by atoms with Crippen LogP contribution < -0.4 is 14.2 Å². The van der Waals surface area contributed by atoms with Crippen molar-refractivity contribution in [1.82, 2.24) is 0 Å². The zero-order chi connectivity index (χ0) is 26.3. The second-order valence-electron chi connectivity index (χ2n) is 8.72. The van der Waals surface area contributed by atoms with Crippen LogP contribution in [0.2, 0.25) is 0 Å². The van der Waals surface area contributed by atoms with Gasteiger partial charge in [-0.25, -0.2) is 4.79 Å². The predicted octanol–water partition coefficient (Wildman–Crippen LogP) is 5.37. The molecule has 190 valence electrons. The van der Waals surface area contributed by atoms with Gasteiger partial charge in [-0.3, -0.25) is 9.59 Å². The predicted molar refractivity (Wildman–Crippen MR) is 130 cm³/mol. The van der Waals surface area contributed by atoms with Crippen LogP contribution >= 0.6 is 0 Å². The Balaban J connectivity index is 2.74. The molecular weight excluding hydrogens is 452 g/mol. The number of hydrogen-bond acceptors (Lipinski definition) is 8. The fraction of sp³-hybridized carbons (Fsp3) is 0.444. The summed E-state index contributed by atoms with van der Waals surface area (Å²) >= 11 is 0. The first-order chi connectivity index (χ1) is 16.5. The van der Waals surface area contributed by atoms with Gasteiger partial charge in [0.05, 0.1) is 21.3 Å². The summed E-state index contributed by atoms with van der Waals surface area (Å²) in [5.74, 6) is 0.0645. The summed E-state index contributed by atoms with van der Waals surface area (Å²) in [6, 6.07) is 6.91. The van der Waals surface area contributed by atoms with E-state index in [4.69, 9.17) is 23.7 Å². The van der Waals surface area contributed by atoms with E-state index in [1.54, 1.807) is 18.2 Å². The molecular formula is C27H34O8. The molecule has 0 radical (unpaired) electrons. The molecule has 0 saturated carbocycles. The van der Waals surface area contributed by atoms with Crippen molar-refractivity contribution in [2.75, 3.05) is 21.3 Å². The number of carbonyl (C=O) groups is 3. The van der Waals surface area contributed by atoms with Crippen molar-refractivity contribution in [3.63, 3.8) is 0 Å². The molecule has 1 atom stereocenters. The van der Waals surface area contributed by atoms with Crippen molar-refractivity contribution in [1.29, 1.82) is 0 Å². The van der Waals surface area contributed by atoms with Crippen LogP contribution in [-0.4, -0.2) is 39.1 Å². The fourth-order valence-electron chi connectivity index (χ4n) is 3.89. The fourth-order valence-corrected chi connectivity index (χ4v) is 3.89. The summed E-state index contributed by atoms with van der Waals surface area (Å²) in [5, 5.41) is 0. The van der Waals surface area contributed by atoms with E-state index in [-0.39, 0.29) is 35.2 Å². The molecule has 8 nitrogen and oxygen atoms in total. The smallest absolute Gasteiger partial charge is 0.345 e. The summed E-state index contributed by atoms with van der Waals surface area (Å²) in [6.45, 7) is 8.71. The number of hydrogen-bond donors (Lipinski definition) is 0. The lowest BCUT2D eigenvalue weighted by molar-refractivity contribution is -0.147. The third-order valence-corrected chi connectivity index (χ3v) is 5.23. The minimum atomic E-state index is -0.691. The molecule has 0 N–H and O–H groups in total. The highest BCUT2D eigenvalue weighted by atomic mass is 16.5. The molecule has 1 unspecified atom stereocenters. The van der Waals surface area contributed by atoms with Crippen molar-refractivity contribution in [3.8, 4) is 23.0 Å². The first-order valence-electron chi connectivity index (χ1n) is 11.3. The first kappa shape index (κ1) is 27.7. The maximum atomic E-state index is 12.9. The van der Waals surface area contributed by atoms with Crippen molar-refractivity contribution in [2.24, 2.45) is 5.92 Å². The lowest BCUT2D eigenvalue weighted by Gasteiger charge is -2.24. The van der Waals surface area contributed by atoms with E-state index in [0.29, 0.717) is 29.0 Å². The number of esters is 2. The second-order valence-corrected chi connectivity index (χ2v) is 8.72. The van der Waals surface area contributed by atoms with Crippen LogP contribution in [0.4, 0.5) is 0 Å². The Labute approximate surface area is 206 Å². The number of carbonyl (C=O) groups excluding carboxylic acids is 3. The van der Waals surface area contributed by atoms with E-state index >= 15 is 0 Å². The number of methoxy groups -OCH3 is 3. The average molecular weight is 487 g/mol. The van der Waals surface area contributed by atoms with E-state index in [1.165, 1.54) is 35.2 Å². The molecule has 0 amide bonds. The molecule has 0 spiro atoms. The SMILES string of the molecule is COC(=O)c1c(Oc2c(CC(C)=O)cc(C)cc2OC)ccc(C(CC(C)C)OC(C)=O)c1OC. The zero-order valence-electron chi connectivity index (χ0n) is 21.6. The molecule has 8 heteroatoms. The van der Waals surface area contributed by atoms with Crippen molar-refractivity contribution < 1.29 is 38.1 Å². The van der Waals surface area contributed by atoms with Crippen LogP contribution in [0.1, 0.15) is 67.3 Å². The van der Waals surface area contributed by atoms with Crippen LogP contribution in [0.3, 0.4) is 0 Å². The van der Waals surface area contributed by atoms with Crippen LogP contribution in [0.15, 0.2) is 24.3 Å². The Kier molecular flexibility index (Phi) is 9.68. The zero-order valence-corrected chi connectivity index (χ0v) is 21.6. The van der Waals surface area contributed by atoms with E-state index in [9.17, 15) is 14.4 Å². The molecule has 0 aliphatic carbocycles. The van der Waals surface area contributed by atoms with Gasteiger partial charge in [0.2, 0.25) is 0 Å². The highest BCUT2D eigenvalue weighted by molar-refractivity contribution is 5.96. The topological polar surface area (TPSA) is 97.4 Å². The Bertz CT molecular complexity index is 1090.